The third-order valence-electron chi connectivity index (χ3n) is 4.89. The molecule has 1 fully saturated rings. The number of carbonyl (C=O) groups is 2. The zero-order valence-corrected chi connectivity index (χ0v) is 16.6. The molecule has 1 aliphatic heterocycles. The van der Waals surface area contributed by atoms with Crippen LogP contribution in [0.25, 0.3) is 0 Å². The van der Waals surface area contributed by atoms with Gasteiger partial charge in [0.05, 0.1) is 12.5 Å². The van der Waals surface area contributed by atoms with Crippen LogP contribution in [0.3, 0.4) is 0 Å². The standard InChI is InChI=1S/C20H26N6O3/c1-3-29-20(28)15-8-10-26(11-9-15)18-16(21)17(22-12-23-18)24-25-19(27)14-6-4-13(2)5-7-14/h4-7,12,15H,3,8-11,21H2,1-2H3,(H,25,27)(H,22,23,24). The molecular formula is C20H26N6O3. The van der Waals surface area contributed by atoms with Crippen LogP contribution in [-0.2, 0) is 9.53 Å². The molecular weight excluding hydrogens is 372 g/mol. The van der Waals surface area contributed by atoms with Crippen LogP contribution in [0, 0.1) is 12.8 Å². The molecule has 2 aromatic rings. The summed E-state index contributed by atoms with van der Waals surface area (Å²) < 4.78 is 5.10. The van der Waals surface area contributed by atoms with Crippen molar-refractivity contribution in [3.63, 3.8) is 0 Å². The SMILES string of the molecule is CCOC(=O)C1CCN(c2ncnc(NNC(=O)c3ccc(C)cc3)c2N)CC1. The van der Waals surface area contributed by atoms with Gasteiger partial charge in [-0.05, 0) is 38.8 Å². The highest BCUT2D eigenvalue weighted by Gasteiger charge is 2.28. The van der Waals surface area contributed by atoms with Gasteiger partial charge >= 0.3 is 5.97 Å². The molecule has 0 radical (unpaired) electrons. The van der Waals surface area contributed by atoms with Crippen molar-refractivity contribution >= 4 is 29.2 Å². The summed E-state index contributed by atoms with van der Waals surface area (Å²) in [6, 6.07) is 7.22. The monoisotopic (exact) mass is 398 g/mol. The number of amides is 1. The first-order valence-electron chi connectivity index (χ1n) is 9.64. The highest BCUT2D eigenvalue weighted by atomic mass is 16.5. The molecule has 0 bridgehead atoms. The molecule has 0 spiro atoms. The van der Waals surface area contributed by atoms with Gasteiger partial charge in [-0.2, -0.15) is 0 Å². The lowest BCUT2D eigenvalue weighted by Gasteiger charge is -2.32. The van der Waals surface area contributed by atoms with Gasteiger partial charge in [0.15, 0.2) is 11.6 Å². The van der Waals surface area contributed by atoms with Crippen LogP contribution in [0.1, 0.15) is 35.7 Å². The smallest absolute Gasteiger partial charge is 0.309 e. The molecule has 1 amide bonds. The Morgan fingerprint density at radius 2 is 1.90 bits per heavy atom. The molecule has 0 atom stereocenters. The van der Waals surface area contributed by atoms with E-state index < -0.39 is 0 Å². The lowest BCUT2D eigenvalue weighted by Crippen LogP contribution is -2.38. The van der Waals surface area contributed by atoms with E-state index in [1.54, 1.807) is 19.1 Å². The number of carbonyl (C=O) groups excluding carboxylic acids is 2. The van der Waals surface area contributed by atoms with Gasteiger partial charge in [-0.25, -0.2) is 9.97 Å². The number of esters is 1. The van der Waals surface area contributed by atoms with Gasteiger partial charge in [0, 0.05) is 18.7 Å². The van der Waals surface area contributed by atoms with Crippen molar-refractivity contribution in [2.24, 2.45) is 5.92 Å². The third-order valence-corrected chi connectivity index (χ3v) is 4.89. The van der Waals surface area contributed by atoms with Gasteiger partial charge in [-0.3, -0.25) is 20.4 Å². The number of anilines is 3. The van der Waals surface area contributed by atoms with E-state index in [0.29, 0.717) is 55.4 Å². The van der Waals surface area contributed by atoms with E-state index in [0.717, 1.165) is 5.56 Å². The Bertz CT molecular complexity index is 863. The number of nitrogens with one attached hydrogen (secondary N) is 2. The number of hydrazine groups is 1. The van der Waals surface area contributed by atoms with Gasteiger partial charge in [0.2, 0.25) is 0 Å². The molecule has 9 nitrogen and oxygen atoms in total. The number of rotatable bonds is 6. The maximum Gasteiger partial charge on any atom is 0.309 e. The average molecular weight is 398 g/mol. The first kappa shape index (κ1) is 20.4. The van der Waals surface area contributed by atoms with E-state index in [1.165, 1.54) is 6.33 Å². The second-order valence-corrected chi connectivity index (χ2v) is 6.92. The molecule has 9 heteroatoms. The summed E-state index contributed by atoms with van der Waals surface area (Å²) in [6.45, 7) is 5.43. The van der Waals surface area contributed by atoms with Crippen LogP contribution in [-0.4, -0.2) is 41.5 Å². The fourth-order valence-corrected chi connectivity index (χ4v) is 3.22. The fourth-order valence-electron chi connectivity index (χ4n) is 3.22. The van der Waals surface area contributed by atoms with E-state index in [9.17, 15) is 9.59 Å². The number of ether oxygens (including phenoxy) is 1. The Hall–Kier alpha value is -3.36. The number of nitrogens with zero attached hydrogens (tertiary/aromatic N) is 3. The second-order valence-electron chi connectivity index (χ2n) is 6.92. The van der Waals surface area contributed by atoms with Gasteiger partial charge in [-0.15, -0.1) is 0 Å². The van der Waals surface area contributed by atoms with E-state index in [1.807, 2.05) is 24.0 Å². The summed E-state index contributed by atoms with van der Waals surface area (Å²) in [6.07, 6.45) is 2.74. The predicted molar refractivity (Wildman–Crippen MR) is 110 cm³/mol. The number of nitrogens with two attached hydrogens (primary N) is 1. The zero-order valence-electron chi connectivity index (χ0n) is 16.6. The Balaban J connectivity index is 1.62. The van der Waals surface area contributed by atoms with E-state index in [2.05, 4.69) is 20.8 Å². The first-order chi connectivity index (χ1) is 14.0. The Kier molecular flexibility index (Phi) is 6.48. The molecule has 0 saturated carbocycles. The summed E-state index contributed by atoms with van der Waals surface area (Å²) in [5.41, 5.74) is 13.5. The van der Waals surface area contributed by atoms with Gasteiger partial charge in [-0.1, -0.05) is 17.7 Å². The summed E-state index contributed by atoms with van der Waals surface area (Å²) in [7, 11) is 0. The summed E-state index contributed by atoms with van der Waals surface area (Å²) in [5.74, 6) is 0.363. The van der Waals surface area contributed by atoms with E-state index in [-0.39, 0.29) is 17.8 Å². The highest BCUT2D eigenvalue weighted by molar-refractivity contribution is 5.95. The minimum absolute atomic E-state index is 0.0966. The third kappa shape index (κ3) is 4.92. The molecule has 4 N–H and O–H groups in total. The summed E-state index contributed by atoms with van der Waals surface area (Å²) >= 11 is 0. The lowest BCUT2D eigenvalue weighted by molar-refractivity contribution is -0.148. The van der Waals surface area contributed by atoms with Crippen molar-refractivity contribution in [3.05, 3.63) is 41.7 Å². The lowest BCUT2D eigenvalue weighted by atomic mass is 9.97. The van der Waals surface area contributed by atoms with Crippen LogP contribution in [0.4, 0.5) is 17.3 Å². The maximum absolute atomic E-state index is 12.3. The molecule has 1 saturated heterocycles. The number of aromatic nitrogens is 2. The molecule has 29 heavy (non-hydrogen) atoms. The topological polar surface area (TPSA) is 122 Å². The number of benzene rings is 1. The number of hydrogen-bond donors (Lipinski definition) is 3. The van der Waals surface area contributed by atoms with Gasteiger partial charge in [0.1, 0.15) is 12.0 Å². The normalized spacial score (nSPS) is 14.3. The number of hydrogen-bond acceptors (Lipinski definition) is 8. The minimum Gasteiger partial charge on any atom is -0.466 e. The first-order valence-corrected chi connectivity index (χ1v) is 9.64. The molecule has 1 aromatic heterocycles. The number of aryl methyl sites for hydroxylation is 1. The summed E-state index contributed by atoms with van der Waals surface area (Å²) in [4.78, 5) is 34.6. The van der Waals surface area contributed by atoms with E-state index in [4.69, 9.17) is 10.5 Å². The van der Waals surface area contributed by atoms with Crippen LogP contribution in [0.15, 0.2) is 30.6 Å². The van der Waals surface area contributed by atoms with Gasteiger partial charge < -0.3 is 15.4 Å². The van der Waals surface area contributed by atoms with Crippen molar-refractivity contribution in [2.75, 3.05) is 35.8 Å². The van der Waals surface area contributed by atoms with E-state index >= 15 is 0 Å². The van der Waals surface area contributed by atoms with Crippen molar-refractivity contribution < 1.29 is 14.3 Å². The molecule has 3 rings (SSSR count). The zero-order chi connectivity index (χ0) is 20.8. The fraction of sp³-hybridized carbons (Fsp3) is 0.400. The average Bonchev–Trinajstić information content (AvgIpc) is 2.73. The number of piperidine rings is 1. The maximum atomic E-state index is 12.3. The van der Waals surface area contributed by atoms with Gasteiger partial charge in [0.25, 0.3) is 5.91 Å². The van der Waals surface area contributed by atoms with Crippen LogP contribution in [0.2, 0.25) is 0 Å². The Morgan fingerprint density at radius 1 is 1.21 bits per heavy atom. The van der Waals surface area contributed by atoms with Crippen LogP contribution >= 0.6 is 0 Å². The second kappa shape index (κ2) is 9.22. The molecule has 0 unspecified atom stereocenters. The van der Waals surface area contributed by atoms with Crippen LogP contribution < -0.4 is 21.5 Å². The van der Waals surface area contributed by atoms with Crippen molar-refractivity contribution in [3.8, 4) is 0 Å². The Labute approximate surface area is 169 Å². The molecule has 2 heterocycles. The van der Waals surface area contributed by atoms with Crippen molar-refractivity contribution in [2.45, 2.75) is 26.7 Å². The predicted octanol–water partition coefficient (Wildman–Crippen LogP) is 1.90. The molecule has 154 valence electrons. The highest BCUT2D eigenvalue weighted by Crippen LogP contribution is 2.29. The quantitative estimate of drug-likeness (QED) is 0.498. The Morgan fingerprint density at radius 3 is 2.55 bits per heavy atom. The minimum atomic E-state index is -0.292. The molecule has 0 aliphatic carbocycles. The summed E-state index contributed by atoms with van der Waals surface area (Å²) in [5, 5.41) is 0. The van der Waals surface area contributed by atoms with Crippen molar-refractivity contribution in [1.82, 2.24) is 15.4 Å². The largest absolute Gasteiger partial charge is 0.466 e. The van der Waals surface area contributed by atoms with Crippen LogP contribution in [0.5, 0.6) is 0 Å². The molecule has 1 aromatic carbocycles. The van der Waals surface area contributed by atoms with Crippen molar-refractivity contribution in [1.29, 1.82) is 0 Å². The molecule has 1 aliphatic rings. The number of nitrogen functional groups attached to an aromatic ring is 1.